The van der Waals surface area contributed by atoms with E-state index >= 15 is 0 Å². The maximum Gasteiger partial charge on any atom is 0.345 e. The second kappa shape index (κ2) is 10.3. The van der Waals surface area contributed by atoms with Gasteiger partial charge in [-0.25, -0.2) is 9.18 Å². The summed E-state index contributed by atoms with van der Waals surface area (Å²) in [5.74, 6) is -2.01. The first-order valence-corrected chi connectivity index (χ1v) is 11.8. The Hall–Kier alpha value is -3.62. The normalized spacial score (nSPS) is 12.8. The Bertz CT molecular complexity index is 1450. The Labute approximate surface area is 209 Å². The van der Waals surface area contributed by atoms with Crippen molar-refractivity contribution in [1.29, 1.82) is 0 Å². The molecule has 6 nitrogen and oxygen atoms in total. The smallest absolute Gasteiger partial charge is 0.345 e. The summed E-state index contributed by atoms with van der Waals surface area (Å²) < 4.78 is 16.4. The van der Waals surface area contributed by atoms with Crippen LogP contribution in [-0.2, 0) is 7.05 Å². The number of aromatic nitrogens is 1. The Morgan fingerprint density at radius 1 is 1.09 bits per heavy atom. The summed E-state index contributed by atoms with van der Waals surface area (Å²) in [7, 11) is 1.59. The predicted molar refractivity (Wildman–Crippen MR) is 135 cm³/mol. The number of hydrogen-bond donors (Lipinski definition) is 1. The minimum Gasteiger partial charge on any atom is -0.477 e. The number of thiophene rings is 1. The molecule has 2 atom stereocenters. The van der Waals surface area contributed by atoms with Crippen molar-refractivity contribution in [3.8, 4) is 10.4 Å². The molecule has 178 valence electrons. The third-order valence-electron chi connectivity index (χ3n) is 5.83. The largest absolute Gasteiger partial charge is 0.477 e. The molecular weight excluding hydrogens is 491 g/mol. The summed E-state index contributed by atoms with van der Waals surface area (Å²) in [6.45, 7) is 0. The van der Waals surface area contributed by atoms with Gasteiger partial charge in [-0.1, -0.05) is 47.1 Å². The predicted octanol–water partition coefficient (Wildman–Crippen LogP) is 6.63. The van der Waals surface area contributed by atoms with E-state index in [1.54, 1.807) is 43.6 Å². The number of pyridine rings is 1. The lowest BCUT2D eigenvalue weighted by Crippen LogP contribution is -2.16. The molecule has 0 aliphatic heterocycles. The van der Waals surface area contributed by atoms with Crippen LogP contribution in [0, 0.1) is 10.7 Å². The molecular formula is C26H20ClFN2O4S. The summed E-state index contributed by atoms with van der Waals surface area (Å²) in [5.41, 5.74) is 2.28. The lowest BCUT2D eigenvalue weighted by Gasteiger charge is -2.22. The first kappa shape index (κ1) is 24.5. The Morgan fingerprint density at radius 3 is 2.40 bits per heavy atom. The molecule has 35 heavy (non-hydrogen) atoms. The van der Waals surface area contributed by atoms with E-state index in [9.17, 15) is 24.0 Å². The van der Waals surface area contributed by atoms with Crippen LogP contribution in [0.15, 0.2) is 82.9 Å². The van der Waals surface area contributed by atoms with Gasteiger partial charge < -0.3 is 9.67 Å². The zero-order chi connectivity index (χ0) is 25.1. The summed E-state index contributed by atoms with van der Waals surface area (Å²) in [6.07, 6.45) is 1.73. The molecule has 1 unspecified atom stereocenters. The molecule has 4 rings (SSSR count). The first-order chi connectivity index (χ1) is 16.8. The van der Waals surface area contributed by atoms with Crippen LogP contribution in [0.4, 0.5) is 4.39 Å². The highest BCUT2D eigenvalue weighted by molar-refractivity contribution is 7.17. The van der Waals surface area contributed by atoms with Gasteiger partial charge in [0, 0.05) is 35.1 Å². The number of benzene rings is 2. The van der Waals surface area contributed by atoms with E-state index < -0.39 is 23.7 Å². The average molecular weight is 511 g/mol. The summed E-state index contributed by atoms with van der Waals surface area (Å²) in [5, 5.41) is 12.7. The fourth-order valence-corrected chi connectivity index (χ4v) is 5.00. The van der Waals surface area contributed by atoms with Crippen molar-refractivity contribution in [2.24, 2.45) is 12.2 Å². The zero-order valence-corrected chi connectivity index (χ0v) is 20.1. The summed E-state index contributed by atoms with van der Waals surface area (Å²) in [6, 6.07) is 17.1. The monoisotopic (exact) mass is 510 g/mol. The van der Waals surface area contributed by atoms with Crippen LogP contribution in [0.2, 0.25) is 5.02 Å². The van der Waals surface area contributed by atoms with Crippen LogP contribution < -0.4 is 5.56 Å². The number of carboxylic acid groups (broad SMARTS) is 1. The second-order valence-electron chi connectivity index (χ2n) is 8.08. The maximum absolute atomic E-state index is 15.0. The fraction of sp³-hybridized carbons (Fsp3) is 0.154. The van der Waals surface area contributed by atoms with Gasteiger partial charge in [0.25, 0.3) is 0 Å². The number of nitrogens with zero attached hydrogens (tertiary/aromatic N) is 2. The third-order valence-corrected chi connectivity index (χ3v) is 7.19. The van der Waals surface area contributed by atoms with Gasteiger partial charge in [0.2, 0.25) is 5.56 Å². The molecule has 0 spiro atoms. The van der Waals surface area contributed by atoms with E-state index in [1.807, 2.05) is 24.3 Å². The molecule has 0 aliphatic rings. The number of carbonyl (C=O) groups is 1. The lowest BCUT2D eigenvalue weighted by atomic mass is 9.84. The minimum absolute atomic E-state index is 0.168. The van der Waals surface area contributed by atoms with Crippen LogP contribution in [0.5, 0.6) is 0 Å². The third kappa shape index (κ3) is 5.39. The number of hydrogen-bond acceptors (Lipinski definition) is 5. The summed E-state index contributed by atoms with van der Waals surface area (Å²) >= 11 is 7.12. The number of carboxylic acids is 1. The van der Waals surface area contributed by atoms with Crippen molar-refractivity contribution in [2.45, 2.75) is 18.4 Å². The molecule has 0 radical (unpaired) electrons. The molecule has 2 aromatic carbocycles. The number of aryl methyl sites for hydroxylation is 1. The molecule has 2 heterocycles. The van der Waals surface area contributed by atoms with Gasteiger partial charge in [-0.05, 0) is 59.0 Å². The maximum atomic E-state index is 15.0. The molecule has 9 heteroatoms. The molecule has 2 aromatic heterocycles. The van der Waals surface area contributed by atoms with Gasteiger partial charge >= 0.3 is 5.97 Å². The number of rotatable bonds is 8. The fourth-order valence-electron chi connectivity index (χ4n) is 3.99. The topological polar surface area (TPSA) is 88.7 Å². The van der Waals surface area contributed by atoms with Gasteiger partial charge in [0.1, 0.15) is 16.7 Å². The van der Waals surface area contributed by atoms with E-state index in [4.69, 9.17) is 11.6 Å². The number of aromatic carboxylic acids is 1. The summed E-state index contributed by atoms with van der Waals surface area (Å²) in [4.78, 5) is 35.8. The highest BCUT2D eigenvalue weighted by atomic mass is 35.5. The molecule has 0 bridgehead atoms. The van der Waals surface area contributed by atoms with Crippen molar-refractivity contribution >= 4 is 28.9 Å². The molecule has 0 amide bonds. The van der Waals surface area contributed by atoms with Crippen LogP contribution in [-0.4, -0.2) is 15.6 Å². The van der Waals surface area contributed by atoms with E-state index in [0.29, 0.717) is 11.1 Å². The van der Waals surface area contributed by atoms with Gasteiger partial charge in [-0.3, -0.25) is 4.79 Å². The highest BCUT2D eigenvalue weighted by Crippen LogP contribution is 2.38. The van der Waals surface area contributed by atoms with Crippen LogP contribution in [0.25, 0.3) is 10.4 Å². The van der Waals surface area contributed by atoms with E-state index in [0.717, 1.165) is 27.3 Å². The first-order valence-electron chi connectivity index (χ1n) is 10.6. The van der Waals surface area contributed by atoms with Crippen molar-refractivity contribution < 1.29 is 14.3 Å². The molecule has 4 aromatic rings. The van der Waals surface area contributed by atoms with Gasteiger partial charge in [0.05, 0.1) is 0 Å². The van der Waals surface area contributed by atoms with E-state index in [1.165, 1.54) is 16.7 Å². The van der Waals surface area contributed by atoms with Crippen LogP contribution in [0.3, 0.4) is 0 Å². The quantitative estimate of drug-likeness (QED) is 0.269. The van der Waals surface area contributed by atoms with E-state index in [-0.39, 0.29) is 21.9 Å². The zero-order valence-electron chi connectivity index (χ0n) is 18.5. The van der Waals surface area contributed by atoms with Crippen molar-refractivity contribution in [2.75, 3.05) is 0 Å². The van der Waals surface area contributed by atoms with E-state index in [2.05, 4.69) is 5.18 Å². The molecule has 0 saturated carbocycles. The van der Waals surface area contributed by atoms with Gasteiger partial charge in [0.15, 0.2) is 0 Å². The van der Waals surface area contributed by atoms with Gasteiger partial charge in [-0.2, -0.15) is 4.91 Å². The Balaban J connectivity index is 1.72. The average Bonchev–Trinajstić information content (AvgIpc) is 3.34. The molecule has 1 N–H and O–H groups in total. The SMILES string of the molecule is Cn1cc(C(C[C@@H](c2ccc(-c3ccc(C(=O)O)s3)cc2)c2ccc(Cl)cc2F)N=O)ccc1=O. The molecule has 0 saturated heterocycles. The molecule has 0 aliphatic carbocycles. The van der Waals surface area contributed by atoms with Crippen LogP contribution >= 0.6 is 22.9 Å². The Morgan fingerprint density at radius 2 is 1.80 bits per heavy atom. The van der Waals surface area contributed by atoms with Gasteiger partial charge in [-0.15, -0.1) is 11.3 Å². The lowest BCUT2D eigenvalue weighted by molar-refractivity contribution is 0.0702. The number of halogens is 2. The molecule has 0 fully saturated rings. The van der Waals surface area contributed by atoms with Crippen molar-refractivity contribution in [3.05, 3.63) is 121 Å². The Kier molecular flexibility index (Phi) is 7.23. The highest BCUT2D eigenvalue weighted by Gasteiger charge is 2.25. The number of nitroso groups, excluding NO2 is 1. The second-order valence-corrected chi connectivity index (χ2v) is 9.60. The van der Waals surface area contributed by atoms with Crippen molar-refractivity contribution in [1.82, 2.24) is 4.57 Å². The minimum atomic E-state index is -0.984. The standard InChI is InChI=1S/C26H20ClFN2O4S/c1-30-14-17(6-11-25(30)31)22(29-34)13-20(19-8-7-18(27)12-21(19)28)15-2-4-16(5-3-15)23-9-10-24(35-23)26(32)33/h2-12,14,20,22H,13H2,1H3,(H,32,33)/t20-,22?/m0/s1. The van der Waals surface area contributed by atoms with Crippen molar-refractivity contribution in [3.63, 3.8) is 0 Å². The van der Waals surface area contributed by atoms with Crippen LogP contribution in [0.1, 0.15) is 44.7 Å².